The van der Waals surface area contributed by atoms with Crippen molar-refractivity contribution in [3.05, 3.63) is 39.6 Å². The molecule has 1 aliphatic rings. The van der Waals surface area contributed by atoms with Crippen LogP contribution in [0.25, 0.3) is 16.6 Å². The molecule has 0 bridgehead atoms. The summed E-state index contributed by atoms with van der Waals surface area (Å²) in [6.45, 7) is 0. The van der Waals surface area contributed by atoms with Crippen molar-refractivity contribution < 1.29 is 0 Å². The largest absolute Gasteiger partial charge is 0.263 e. The number of pyridine rings is 1. The number of allylic oxidation sites excluding steroid dienone is 1. The minimum absolute atomic E-state index is 0.994. The lowest BCUT2D eigenvalue weighted by atomic mass is 10.1. The number of hydrogen-bond acceptors (Lipinski definition) is 3. The Bertz CT molecular complexity index is 560. The first-order chi connectivity index (χ1) is 7.83. The number of halogens is 1. The van der Waals surface area contributed by atoms with Crippen molar-refractivity contribution in [3.8, 4) is 10.6 Å². The summed E-state index contributed by atoms with van der Waals surface area (Å²) >= 11 is 5.21. The van der Waals surface area contributed by atoms with Crippen LogP contribution in [0.15, 0.2) is 29.0 Å². The monoisotopic (exact) mass is 292 g/mol. The molecule has 0 radical (unpaired) electrons. The zero-order chi connectivity index (χ0) is 11.0. The predicted molar refractivity (Wildman–Crippen MR) is 70.4 cm³/mol. The maximum atomic E-state index is 4.63. The van der Waals surface area contributed by atoms with Gasteiger partial charge in [0, 0.05) is 27.3 Å². The molecule has 80 valence electrons. The molecule has 0 saturated heterocycles. The van der Waals surface area contributed by atoms with Crippen molar-refractivity contribution >= 4 is 33.3 Å². The fourth-order valence-corrected chi connectivity index (χ4v) is 3.14. The smallest absolute Gasteiger partial charge is 0.125 e. The molecule has 0 unspecified atom stereocenters. The van der Waals surface area contributed by atoms with Gasteiger partial charge in [0.05, 0.1) is 5.69 Å². The summed E-state index contributed by atoms with van der Waals surface area (Å²) in [5.41, 5.74) is 2.22. The lowest BCUT2D eigenvalue weighted by Gasteiger charge is -1.99. The van der Waals surface area contributed by atoms with Gasteiger partial charge >= 0.3 is 0 Å². The van der Waals surface area contributed by atoms with Gasteiger partial charge in [-0.1, -0.05) is 6.08 Å². The Kier molecular flexibility index (Phi) is 2.61. The van der Waals surface area contributed by atoms with Gasteiger partial charge in [0.15, 0.2) is 0 Å². The topological polar surface area (TPSA) is 25.8 Å². The number of aromatic nitrogens is 2. The Balaban J connectivity index is 2.07. The van der Waals surface area contributed by atoms with Gasteiger partial charge in [-0.3, -0.25) is 4.98 Å². The van der Waals surface area contributed by atoms with E-state index in [1.54, 1.807) is 17.5 Å². The van der Waals surface area contributed by atoms with Gasteiger partial charge in [0.2, 0.25) is 0 Å². The van der Waals surface area contributed by atoms with Crippen LogP contribution in [0.1, 0.15) is 17.0 Å². The molecule has 0 fully saturated rings. The summed E-state index contributed by atoms with van der Waals surface area (Å²) in [5.74, 6) is 0. The highest BCUT2D eigenvalue weighted by atomic mass is 79.9. The lowest BCUT2D eigenvalue weighted by Crippen LogP contribution is -1.88. The Labute approximate surface area is 106 Å². The summed E-state index contributed by atoms with van der Waals surface area (Å²) in [7, 11) is 0. The van der Waals surface area contributed by atoms with Gasteiger partial charge in [0.25, 0.3) is 0 Å². The molecule has 0 aromatic carbocycles. The molecule has 16 heavy (non-hydrogen) atoms. The van der Waals surface area contributed by atoms with E-state index in [2.05, 4.69) is 44.1 Å². The quantitative estimate of drug-likeness (QED) is 0.796. The lowest BCUT2D eigenvalue weighted by molar-refractivity contribution is 1.00. The molecule has 0 saturated carbocycles. The third-order valence-corrected chi connectivity index (χ3v) is 4.11. The molecule has 0 N–H and O–H groups in total. The molecule has 2 nitrogen and oxygen atoms in total. The Morgan fingerprint density at radius 2 is 2.25 bits per heavy atom. The van der Waals surface area contributed by atoms with Gasteiger partial charge in [-0.05, 0) is 40.9 Å². The minimum atomic E-state index is 0.994. The van der Waals surface area contributed by atoms with E-state index >= 15 is 0 Å². The van der Waals surface area contributed by atoms with Gasteiger partial charge in [-0.2, -0.15) is 0 Å². The third kappa shape index (κ3) is 1.83. The number of rotatable bonds is 1. The minimum Gasteiger partial charge on any atom is -0.263 e. The molecular formula is C12H9BrN2S. The molecule has 0 amide bonds. The van der Waals surface area contributed by atoms with E-state index in [1.165, 1.54) is 4.88 Å². The highest BCUT2D eigenvalue weighted by Crippen LogP contribution is 2.32. The molecule has 2 heterocycles. The molecule has 4 heteroatoms. The first kappa shape index (κ1) is 10.2. The second-order valence-corrected chi connectivity index (χ2v) is 5.66. The van der Waals surface area contributed by atoms with E-state index < -0.39 is 0 Å². The summed E-state index contributed by atoms with van der Waals surface area (Å²) < 4.78 is 0.994. The number of fused-ring (bicyclic) bond motifs is 1. The second kappa shape index (κ2) is 4.11. The van der Waals surface area contributed by atoms with Crippen LogP contribution >= 0.6 is 27.3 Å². The van der Waals surface area contributed by atoms with E-state index in [4.69, 9.17) is 0 Å². The van der Waals surface area contributed by atoms with Crippen molar-refractivity contribution in [1.82, 2.24) is 9.97 Å². The summed E-state index contributed by atoms with van der Waals surface area (Å²) in [6.07, 6.45) is 10.2. The standard InChI is InChI=1S/C12H9BrN2S/c13-9-5-8(6-14-7-9)12-15-10-3-1-2-4-11(10)16-12/h1,3,5-7H,2,4H2. The number of hydrogen-bond donors (Lipinski definition) is 0. The Hall–Kier alpha value is -1.00. The first-order valence-corrected chi connectivity index (χ1v) is 6.71. The zero-order valence-electron chi connectivity index (χ0n) is 8.48. The van der Waals surface area contributed by atoms with E-state index in [1.807, 2.05) is 6.20 Å². The predicted octanol–water partition coefficient (Wildman–Crippen LogP) is 3.93. The average Bonchev–Trinajstić information content (AvgIpc) is 2.72. The number of thiazole rings is 1. The van der Waals surface area contributed by atoms with Crippen molar-refractivity contribution in [1.29, 1.82) is 0 Å². The van der Waals surface area contributed by atoms with Crippen LogP contribution in [0.3, 0.4) is 0 Å². The van der Waals surface area contributed by atoms with Crippen molar-refractivity contribution in [2.24, 2.45) is 0 Å². The molecule has 3 rings (SSSR count). The van der Waals surface area contributed by atoms with Crippen molar-refractivity contribution in [3.63, 3.8) is 0 Å². The SMILES string of the molecule is Brc1cncc(-c2nc3c(s2)CCC=C3)c1. The van der Waals surface area contributed by atoms with Crippen LogP contribution in [-0.2, 0) is 6.42 Å². The van der Waals surface area contributed by atoms with Crippen LogP contribution in [0.4, 0.5) is 0 Å². The van der Waals surface area contributed by atoms with Gasteiger partial charge in [0.1, 0.15) is 5.01 Å². The van der Waals surface area contributed by atoms with E-state index in [9.17, 15) is 0 Å². The number of nitrogens with zero attached hydrogens (tertiary/aromatic N) is 2. The Morgan fingerprint density at radius 1 is 1.31 bits per heavy atom. The normalized spacial score (nSPS) is 13.8. The average molecular weight is 293 g/mol. The van der Waals surface area contributed by atoms with Crippen LogP contribution in [0, 0.1) is 0 Å². The molecule has 1 aliphatic carbocycles. The van der Waals surface area contributed by atoms with Crippen LogP contribution in [0.5, 0.6) is 0 Å². The summed E-state index contributed by atoms with van der Waals surface area (Å²) in [5, 5.41) is 1.06. The maximum Gasteiger partial charge on any atom is 0.125 e. The summed E-state index contributed by atoms with van der Waals surface area (Å²) in [6, 6.07) is 2.06. The van der Waals surface area contributed by atoms with Crippen LogP contribution in [0.2, 0.25) is 0 Å². The highest BCUT2D eigenvalue weighted by Gasteiger charge is 2.12. The van der Waals surface area contributed by atoms with Crippen molar-refractivity contribution in [2.45, 2.75) is 12.8 Å². The van der Waals surface area contributed by atoms with Gasteiger partial charge < -0.3 is 0 Å². The molecule has 2 aromatic rings. The molecule has 0 aliphatic heterocycles. The van der Waals surface area contributed by atoms with E-state index in [0.29, 0.717) is 0 Å². The molecular weight excluding hydrogens is 284 g/mol. The van der Waals surface area contributed by atoms with Crippen LogP contribution < -0.4 is 0 Å². The molecule has 0 spiro atoms. The highest BCUT2D eigenvalue weighted by molar-refractivity contribution is 9.10. The van der Waals surface area contributed by atoms with E-state index in [0.717, 1.165) is 33.6 Å². The maximum absolute atomic E-state index is 4.63. The second-order valence-electron chi connectivity index (χ2n) is 3.66. The first-order valence-electron chi connectivity index (χ1n) is 5.10. The number of aryl methyl sites for hydroxylation is 1. The third-order valence-electron chi connectivity index (χ3n) is 2.49. The Morgan fingerprint density at radius 3 is 3.06 bits per heavy atom. The molecule has 0 atom stereocenters. The zero-order valence-corrected chi connectivity index (χ0v) is 10.9. The van der Waals surface area contributed by atoms with Gasteiger partial charge in [-0.25, -0.2) is 4.98 Å². The summed E-state index contributed by atoms with van der Waals surface area (Å²) in [4.78, 5) is 10.2. The fourth-order valence-electron chi connectivity index (χ4n) is 1.73. The van der Waals surface area contributed by atoms with Crippen molar-refractivity contribution in [2.75, 3.05) is 0 Å². The molecule has 2 aromatic heterocycles. The van der Waals surface area contributed by atoms with Crippen LogP contribution in [-0.4, -0.2) is 9.97 Å². The van der Waals surface area contributed by atoms with E-state index in [-0.39, 0.29) is 0 Å². The fraction of sp³-hybridized carbons (Fsp3) is 0.167. The van der Waals surface area contributed by atoms with Gasteiger partial charge in [-0.15, -0.1) is 11.3 Å².